The number of aromatic nitrogens is 2. The van der Waals surface area contributed by atoms with Gasteiger partial charge in [-0.05, 0) is 13.8 Å². The smallest absolute Gasteiger partial charge is 0.387 e. The lowest BCUT2D eigenvalue weighted by molar-refractivity contribution is -0.0750. The number of rotatable bonds is 5. The Morgan fingerprint density at radius 1 is 1.65 bits per heavy atom. The standard InChI is InChI=1S/C11H18N3O8P/c1-6-4-14(10(16)13-9(6)15)8-3-11(2,17)7(21-8)5-20-23(18,19)22-12/h4,7-8,17H,3,5,12H2,1-2H3,(H,18,19)(H,13,15,16)/q+1/t7-,8-,11+/m1/s1. The van der Waals surface area contributed by atoms with E-state index in [1.54, 1.807) is 0 Å². The molecule has 1 aromatic heterocycles. The second-order valence-corrected chi connectivity index (χ2v) is 6.90. The molecular weight excluding hydrogens is 333 g/mol. The fraction of sp³-hybridized carbons (Fsp3) is 0.636. The largest absolute Gasteiger partial charge is 0.723 e. The third-order valence-corrected chi connectivity index (χ3v) is 4.32. The molecule has 1 aliphatic heterocycles. The number of phosphoric ester groups is 1. The van der Waals surface area contributed by atoms with Crippen molar-refractivity contribution in [3.05, 3.63) is 32.6 Å². The van der Waals surface area contributed by atoms with E-state index in [1.165, 1.54) is 20.0 Å². The Hall–Kier alpha value is -1.33. The number of ether oxygens (including phenoxy) is 1. The van der Waals surface area contributed by atoms with E-state index >= 15 is 0 Å². The number of phosphoric acid groups is 1. The first-order valence-corrected chi connectivity index (χ1v) is 8.11. The first kappa shape index (κ1) is 18.0. The Morgan fingerprint density at radius 2 is 2.30 bits per heavy atom. The number of hydrogen-bond donors (Lipinski definition) is 4. The van der Waals surface area contributed by atoms with Gasteiger partial charge < -0.3 is 9.84 Å². The second-order valence-electron chi connectivity index (χ2n) is 5.49. The van der Waals surface area contributed by atoms with Crippen LogP contribution in [-0.4, -0.2) is 37.9 Å². The van der Waals surface area contributed by atoms with E-state index in [4.69, 9.17) is 9.63 Å². The van der Waals surface area contributed by atoms with Crippen LogP contribution in [0.3, 0.4) is 0 Å². The van der Waals surface area contributed by atoms with Gasteiger partial charge in [-0.1, -0.05) is 4.52 Å². The molecule has 1 unspecified atom stereocenters. The molecule has 0 bridgehead atoms. The maximum Gasteiger partial charge on any atom is 0.723 e. The van der Waals surface area contributed by atoms with Crippen molar-refractivity contribution >= 4 is 7.82 Å². The molecule has 4 atom stereocenters. The Labute approximate surface area is 130 Å². The summed E-state index contributed by atoms with van der Waals surface area (Å²) in [6.07, 6.45) is -0.572. The van der Waals surface area contributed by atoms with Crippen molar-refractivity contribution in [3.8, 4) is 0 Å². The van der Waals surface area contributed by atoms with Crippen LogP contribution in [0.1, 0.15) is 25.1 Å². The first-order valence-electron chi connectivity index (χ1n) is 6.61. The van der Waals surface area contributed by atoms with Crippen molar-refractivity contribution in [2.75, 3.05) is 6.61 Å². The highest BCUT2D eigenvalue weighted by Gasteiger charge is 2.50. The van der Waals surface area contributed by atoms with Crippen molar-refractivity contribution in [3.63, 3.8) is 0 Å². The molecule has 0 spiro atoms. The van der Waals surface area contributed by atoms with Gasteiger partial charge in [-0.3, -0.25) is 19.2 Å². The Morgan fingerprint density at radius 3 is 2.91 bits per heavy atom. The molecule has 12 heteroatoms. The lowest BCUT2D eigenvalue weighted by Gasteiger charge is -2.18. The molecule has 1 radical (unpaired) electrons. The highest BCUT2D eigenvalue weighted by Crippen LogP contribution is 2.43. The molecular formula is C11H18N3O8P+. The second kappa shape index (κ2) is 6.29. The van der Waals surface area contributed by atoms with Crippen molar-refractivity contribution < 1.29 is 28.5 Å². The molecule has 0 amide bonds. The Bertz CT molecular complexity index is 742. The highest BCUT2D eigenvalue weighted by molar-refractivity contribution is 7.47. The summed E-state index contributed by atoms with van der Waals surface area (Å²) in [6.45, 7) is 2.46. The molecule has 129 valence electrons. The molecule has 1 saturated heterocycles. The van der Waals surface area contributed by atoms with Gasteiger partial charge in [0.05, 0.1) is 0 Å². The minimum atomic E-state index is -4.43. The fourth-order valence-electron chi connectivity index (χ4n) is 2.24. The summed E-state index contributed by atoms with van der Waals surface area (Å²) in [5.41, 5.74) is -2.36. The van der Waals surface area contributed by atoms with Gasteiger partial charge in [0.25, 0.3) is 12.2 Å². The van der Waals surface area contributed by atoms with Crippen LogP contribution in [0.5, 0.6) is 0 Å². The van der Waals surface area contributed by atoms with Crippen LogP contribution in [0.25, 0.3) is 0 Å². The normalized spacial score (nSPS) is 30.3. The average molecular weight is 351 g/mol. The number of aliphatic hydroxyl groups is 1. The minimum Gasteiger partial charge on any atom is -0.387 e. The van der Waals surface area contributed by atoms with Crippen LogP contribution < -0.4 is 17.1 Å². The monoisotopic (exact) mass is 351 g/mol. The SMILES string of the molecule is Cc1cn([C@H]2C[C@](C)(O)[C@@H](C[O+]P(=O)(O)ON)O2)c(=O)[nH]c1=O. The zero-order valence-corrected chi connectivity index (χ0v) is 13.4. The number of H-pyrrole nitrogens is 1. The predicted octanol–water partition coefficient (Wildman–Crippen LogP) is -1.11. The molecule has 5 N–H and O–H groups in total. The summed E-state index contributed by atoms with van der Waals surface area (Å²) < 4.78 is 26.2. The van der Waals surface area contributed by atoms with Crippen LogP contribution in [0, 0.1) is 6.92 Å². The average Bonchev–Trinajstić information content (AvgIpc) is 2.75. The van der Waals surface area contributed by atoms with Crippen LogP contribution in [0.15, 0.2) is 15.8 Å². The van der Waals surface area contributed by atoms with E-state index in [-0.39, 0.29) is 6.42 Å². The molecule has 2 rings (SSSR count). The number of hydrogen-bond acceptors (Lipinski definition) is 8. The lowest BCUT2D eigenvalue weighted by atomic mass is 9.98. The third-order valence-electron chi connectivity index (χ3n) is 3.58. The molecule has 0 saturated carbocycles. The van der Waals surface area contributed by atoms with Crippen molar-refractivity contribution in [1.82, 2.24) is 9.55 Å². The van der Waals surface area contributed by atoms with Crippen LogP contribution in [0.4, 0.5) is 0 Å². The van der Waals surface area contributed by atoms with Crippen molar-refractivity contribution in [2.45, 2.75) is 38.2 Å². The van der Waals surface area contributed by atoms with Gasteiger partial charge >= 0.3 is 13.5 Å². The summed E-state index contributed by atoms with van der Waals surface area (Å²) in [6, 6.07) is 0. The highest BCUT2D eigenvalue weighted by atomic mass is 31.2. The van der Waals surface area contributed by atoms with Gasteiger partial charge in [0, 0.05) is 18.2 Å². The van der Waals surface area contributed by atoms with Crippen molar-refractivity contribution in [1.29, 1.82) is 0 Å². The van der Waals surface area contributed by atoms with Gasteiger partial charge in [0.15, 0.2) is 6.10 Å². The number of aryl methyl sites for hydroxylation is 1. The molecule has 1 aliphatic rings. The van der Waals surface area contributed by atoms with E-state index in [0.717, 1.165) is 4.57 Å². The number of aromatic amines is 1. The van der Waals surface area contributed by atoms with Gasteiger partial charge in [-0.15, -0.1) is 0 Å². The molecule has 1 fully saturated rings. The molecule has 0 aliphatic carbocycles. The minimum absolute atomic E-state index is 0.00558. The molecule has 1 aromatic rings. The maximum absolute atomic E-state index is 11.9. The van der Waals surface area contributed by atoms with E-state index in [0.29, 0.717) is 5.56 Å². The molecule has 11 nitrogen and oxygen atoms in total. The van der Waals surface area contributed by atoms with E-state index in [2.05, 4.69) is 20.0 Å². The summed E-state index contributed by atoms with van der Waals surface area (Å²) in [4.78, 5) is 34.5. The number of nitrogens with two attached hydrogens (primary N) is 1. The van der Waals surface area contributed by atoms with Gasteiger partial charge in [-0.2, -0.15) is 9.19 Å². The van der Waals surface area contributed by atoms with Gasteiger partial charge in [0.1, 0.15) is 11.8 Å². The molecule has 2 heterocycles. The summed E-state index contributed by atoms with van der Waals surface area (Å²) in [5, 5.41) is 10.3. The Kier molecular flexibility index (Phi) is 4.92. The summed E-state index contributed by atoms with van der Waals surface area (Å²) in [5.74, 6) is 4.61. The predicted molar refractivity (Wildman–Crippen MR) is 76.3 cm³/mol. The van der Waals surface area contributed by atoms with E-state index < -0.39 is 43.6 Å². The topological polar surface area (TPSA) is 168 Å². The Balaban J connectivity index is 2.20. The van der Waals surface area contributed by atoms with Crippen LogP contribution in [0.2, 0.25) is 0 Å². The van der Waals surface area contributed by atoms with Crippen molar-refractivity contribution in [2.24, 2.45) is 5.90 Å². The van der Waals surface area contributed by atoms with Gasteiger partial charge in [-0.25, -0.2) is 10.7 Å². The summed E-state index contributed by atoms with van der Waals surface area (Å²) >= 11 is 0. The first-order chi connectivity index (χ1) is 10.6. The van der Waals surface area contributed by atoms with Gasteiger partial charge in [0.2, 0.25) is 0 Å². The lowest BCUT2D eigenvalue weighted by Crippen LogP contribution is -2.37. The van der Waals surface area contributed by atoms with E-state index in [9.17, 15) is 19.3 Å². The molecule has 23 heavy (non-hydrogen) atoms. The zero-order valence-electron chi connectivity index (χ0n) is 12.5. The van der Waals surface area contributed by atoms with Crippen LogP contribution in [-0.2, 0) is 18.5 Å². The number of nitrogens with one attached hydrogen (secondary N) is 1. The quantitative estimate of drug-likeness (QED) is 0.292. The van der Waals surface area contributed by atoms with E-state index in [1.807, 2.05) is 0 Å². The maximum atomic E-state index is 11.9. The zero-order chi connectivity index (χ0) is 17.4. The number of nitrogens with zero attached hydrogens (tertiary/aromatic N) is 1. The fourth-order valence-corrected chi connectivity index (χ4v) is 2.63. The molecule has 0 aromatic carbocycles. The third kappa shape index (κ3) is 3.96. The summed E-state index contributed by atoms with van der Waals surface area (Å²) in [7, 11) is -4.43. The van der Waals surface area contributed by atoms with Crippen LogP contribution >= 0.6 is 7.82 Å².